The summed E-state index contributed by atoms with van der Waals surface area (Å²) in [7, 11) is -3.97. The second-order valence-corrected chi connectivity index (χ2v) is 36.8. The molecule has 0 saturated heterocycles. The summed E-state index contributed by atoms with van der Waals surface area (Å²) in [6, 6.07) is 12.4. The van der Waals surface area contributed by atoms with Crippen molar-refractivity contribution in [2.75, 3.05) is 96.5 Å². The molecule has 0 fully saturated rings. The summed E-state index contributed by atoms with van der Waals surface area (Å²) in [6.07, 6.45) is 10.4. The number of nitrogens with zero attached hydrogens (tertiary/aromatic N) is 6. The number of imidazole rings is 2. The fourth-order valence-corrected chi connectivity index (χ4v) is 18.0. The molecule has 4 heterocycles. The number of carbonyl (C=O) groups is 11. The number of carbonyl (C=O) groups excluding carboxylic acids is 10. The van der Waals surface area contributed by atoms with E-state index in [2.05, 4.69) is 77.9 Å². The number of nitrogens with one attached hydrogen (secondary N) is 13. The summed E-state index contributed by atoms with van der Waals surface area (Å²) in [4.78, 5) is 180. The van der Waals surface area contributed by atoms with Crippen molar-refractivity contribution in [3.8, 4) is 0 Å². The lowest BCUT2D eigenvalue weighted by atomic mass is 10.1. The van der Waals surface area contributed by atoms with Crippen molar-refractivity contribution >= 4 is 119 Å². The Morgan fingerprint density at radius 3 is 1.20 bits per heavy atom. The number of ether oxygens (including phenoxy) is 4. The van der Waals surface area contributed by atoms with E-state index in [1.807, 2.05) is 21.0 Å². The monoisotopic (exact) mass is 1900 g/mol. The van der Waals surface area contributed by atoms with Gasteiger partial charge in [-0.25, -0.2) is 31.6 Å². The predicted molar refractivity (Wildman–Crippen MR) is 500 cm³/mol. The van der Waals surface area contributed by atoms with Gasteiger partial charge in [-0.15, -0.1) is 0 Å². The molecule has 1 unspecified atom stereocenters. The Morgan fingerprint density at radius 2 is 0.836 bits per heavy atom. The third-order valence-electron chi connectivity index (χ3n) is 21.1. The summed E-state index contributed by atoms with van der Waals surface area (Å²) < 4.78 is 87.5. The number of carboxylic acid groups (broad SMARTS) is 1. The molecule has 41 nitrogen and oxygen atoms in total. The van der Waals surface area contributed by atoms with Crippen LogP contribution in [0.25, 0.3) is 21.8 Å². The van der Waals surface area contributed by atoms with Gasteiger partial charge in [0.25, 0.3) is 11.8 Å². The molecule has 134 heavy (non-hydrogen) atoms. The molecule has 0 bridgehead atoms. The number of carboxylic acids is 1. The summed E-state index contributed by atoms with van der Waals surface area (Å²) in [6.45, 7) is 17.1. The van der Waals surface area contributed by atoms with Gasteiger partial charge in [-0.05, 0) is 165 Å². The van der Waals surface area contributed by atoms with Crippen LogP contribution >= 0.6 is 0 Å². The largest absolute Gasteiger partial charge is 0.480 e. The molecule has 14 N–H and O–H groups in total. The third kappa shape index (κ3) is 33.3. The van der Waals surface area contributed by atoms with Crippen LogP contribution in [0, 0.1) is 41.5 Å². The highest BCUT2D eigenvalue weighted by Gasteiger charge is 2.33. The molecule has 0 aliphatic carbocycles. The van der Waals surface area contributed by atoms with E-state index in [1.165, 1.54) is 12.4 Å². The highest BCUT2D eigenvalue weighted by molar-refractivity contribution is 7.90. The molecule has 3 atom stereocenters. The number of benzene rings is 4. The minimum Gasteiger partial charge on any atom is -0.480 e. The minimum absolute atomic E-state index is 0.0270. The molecule has 4 aromatic carbocycles. The van der Waals surface area contributed by atoms with E-state index in [9.17, 15) is 84.3 Å². The Balaban J connectivity index is 0.679. The minimum atomic E-state index is -4.38. The number of pyridine rings is 2. The number of methoxy groups -OCH3 is 1. The number of amides is 9. The first-order chi connectivity index (χ1) is 63.6. The van der Waals surface area contributed by atoms with E-state index in [1.54, 1.807) is 159 Å². The first-order valence-corrected chi connectivity index (χ1v) is 47.2. The molecule has 0 radical (unpaired) electrons. The maximum Gasteiger partial charge on any atom is 0.408 e. The van der Waals surface area contributed by atoms with Crippen molar-refractivity contribution in [2.45, 2.75) is 199 Å². The Labute approximate surface area is 777 Å². The van der Waals surface area contributed by atoms with Crippen molar-refractivity contribution < 1.29 is 93.6 Å². The smallest absolute Gasteiger partial charge is 0.408 e. The van der Waals surface area contributed by atoms with Crippen molar-refractivity contribution in [2.24, 2.45) is 14.1 Å². The van der Waals surface area contributed by atoms with Gasteiger partial charge in [-0.3, -0.25) is 57.5 Å². The number of hydrogen-bond acceptors (Lipinski definition) is 25. The Morgan fingerprint density at radius 1 is 0.470 bits per heavy atom. The molecule has 8 aromatic rings. The average molecular weight is 1900 g/mol. The van der Waals surface area contributed by atoms with Crippen LogP contribution in [-0.2, 0) is 118 Å². The number of rotatable bonds is 55. The van der Waals surface area contributed by atoms with E-state index < -0.39 is 109 Å². The third-order valence-corrected chi connectivity index (χ3v) is 24.7. The molecule has 9 amide bonds. The van der Waals surface area contributed by atoms with Crippen LogP contribution in [0.15, 0.2) is 117 Å². The number of fused-ring (bicyclic) bond motifs is 2. The second kappa shape index (κ2) is 51.3. The van der Waals surface area contributed by atoms with Crippen molar-refractivity contribution in [3.63, 3.8) is 0 Å². The van der Waals surface area contributed by atoms with Crippen molar-refractivity contribution in [1.29, 1.82) is 0 Å². The lowest BCUT2D eigenvalue weighted by Crippen LogP contribution is -2.49. The highest BCUT2D eigenvalue weighted by atomic mass is 32.2. The molecule has 0 saturated carbocycles. The molecule has 728 valence electrons. The molecule has 8 rings (SSSR count). The number of aryl methyl sites for hydroxylation is 10. The van der Waals surface area contributed by atoms with Gasteiger partial charge in [-0.2, -0.15) is 9.44 Å². The predicted octanol–water partition coefficient (Wildman–Crippen LogP) is 4.27. The number of aromatic nitrogens is 6. The van der Waals surface area contributed by atoms with Crippen LogP contribution < -0.4 is 78.8 Å². The van der Waals surface area contributed by atoms with Crippen molar-refractivity contribution in [1.82, 2.24) is 85.5 Å². The van der Waals surface area contributed by atoms with Gasteiger partial charge in [0.2, 0.25) is 78.2 Å². The zero-order valence-electron chi connectivity index (χ0n) is 77.8. The van der Waals surface area contributed by atoms with E-state index >= 15 is 0 Å². The Bertz CT molecular complexity index is 5840. The number of esters is 1. The number of hydrogen-bond donors (Lipinski definition) is 14. The average Bonchev–Trinajstić information content (AvgIpc) is 0.960. The second-order valence-electron chi connectivity index (χ2n) is 33.5. The fourth-order valence-electron chi connectivity index (χ4n) is 14.7. The van der Waals surface area contributed by atoms with E-state index in [0.717, 1.165) is 29.4 Å². The van der Waals surface area contributed by atoms with Gasteiger partial charge < -0.3 is 101 Å². The van der Waals surface area contributed by atoms with Gasteiger partial charge in [0, 0.05) is 199 Å². The van der Waals surface area contributed by atoms with Gasteiger partial charge >= 0.3 is 18.0 Å². The van der Waals surface area contributed by atoms with Gasteiger partial charge in [0.15, 0.2) is 0 Å². The Kier molecular flexibility index (Phi) is 40.7. The summed E-state index contributed by atoms with van der Waals surface area (Å²) in [5, 5.41) is 41.1. The highest BCUT2D eigenvalue weighted by Crippen LogP contribution is 2.26. The number of sulfonamides is 2. The zero-order chi connectivity index (χ0) is 98.0. The Hall–Kier alpha value is -13.0. The summed E-state index contributed by atoms with van der Waals surface area (Å²) in [5.74, 6) is -5.60. The molecule has 4 aromatic heterocycles. The van der Waals surface area contributed by atoms with Crippen LogP contribution in [0.2, 0.25) is 0 Å². The quantitative estimate of drug-likeness (QED) is 0.0187. The molecular formula is C91H125N19O22S2. The zero-order valence-corrected chi connectivity index (χ0v) is 79.4. The molecular weight excluding hydrogens is 1780 g/mol. The standard InChI is InChI=1S/C91H125N19O22S2/c1-57-45-59(3)81(60(4)46-57)133(125,126)105-70(86(121)122)53-100-83(118)67-55-109(72-49-63(19-21-65(72)79(67)116)51-102-88-98-35-39-107(88)10)37-13-29-92-75(112)26-28-78(115)96-33-17-43-131-44-18-34-97-85(120)69(104-90(124)132-91(7,8)9)23-24-74(111)94-31-15-41-130-42-16-32-95-77(114)27-25-76(113)93-30-14-38-110-56-68(80(117)66-22-20-64(50-73(66)110)52-103-89-99-36-40-108(89)11)84(119)101-54-71(87(123)129-12)106-134(127,128)82-61(5)47-58(2)48-62(82)6/h19-22,35-36,39-40,45-50,55-56,69-71,105-106H,13-18,23-34,37-38,41-44,51-54H2,1-12H3,(H,92,112)(H,93,113)(H,94,111)(H,95,114)(H,96,115)(H,97,120)(H,98,102)(H,99,103)(H,100,118)(H,101,119)(H,104,124)(H,121,122)/t69?,70-,71-/m0/s1. The molecule has 0 aliphatic heterocycles. The SMILES string of the molecule is COC(=O)[C@H](CNC(=O)c1cn(CCCNC(=O)CCC(=O)NCCCOCCCNC(=O)CCC(NC(=O)OC(C)(C)C)C(=O)NCCCOCCCNC(=O)CCC(=O)NCCCn2cc(C(=O)NC[C@H](NS(=O)(=O)c3c(C)cc(C)cc3C)C(=O)O)c(=O)c3ccc(CNc4nccn4C)cc32)c2cc(CNc3nccn3C)ccc2c1=O)NS(=O)(=O)c1c(C)cc(C)cc1C. The van der Waals surface area contributed by atoms with E-state index in [4.69, 9.17) is 18.9 Å². The molecule has 0 spiro atoms. The fraction of sp³-hybridized carbons (Fsp3) is 0.484. The van der Waals surface area contributed by atoms with Gasteiger partial charge in [-0.1, -0.05) is 47.5 Å². The maximum absolute atomic E-state index is 14.1. The maximum atomic E-state index is 14.1. The van der Waals surface area contributed by atoms with Gasteiger partial charge in [0.1, 0.15) is 34.9 Å². The lowest BCUT2D eigenvalue weighted by Gasteiger charge is -2.23. The lowest BCUT2D eigenvalue weighted by molar-refractivity contribution is -0.142. The van der Waals surface area contributed by atoms with E-state index in [0.29, 0.717) is 96.8 Å². The van der Waals surface area contributed by atoms with Crippen molar-refractivity contribution in [3.05, 3.63) is 174 Å². The van der Waals surface area contributed by atoms with Crippen LogP contribution in [0.1, 0.15) is 163 Å². The van der Waals surface area contributed by atoms with Crippen LogP contribution in [0.4, 0.5) is 16.7 Å². The normalized spacial score (nSPS) is 12.2. The molecule has 0 aliphatic rings. The first kappa shape index (κ1) is 106. The number of alkyl carbamates (subject to hydrolysis) is 1. The topological polar surface area (TPSA) is 549 Å². The number of anilines is 2. The van der Waals surface area contributed by atoms with E-state index in [-0.39, 0.29) is 173 Å². The van der Waals surface area contributed by atoms with Gasteiger partial charge in [0.05, 0.1) is 27.9 Å². The number of aliphatic carboxylic acids is 1. The summed E-state index contributed by atoms with van der Waals surface area (Å²) >= 11 is 0. The summed E-state index contributed by atoms with van der Waals surface area (Å²) in [5.41, 5.74) is 3.04. The van der Waals surface area contributed by atoms with Crippen LogP contribution in [-0.4, -0.2) is 225 Å². The molecule has 43 heteroatoms. The van der Waals surface area contributed by atoms with Crippen LogP contribution in [0.5, 0.6) is 0 Å². The first-order valence-electron chi connectivity index (χ1n) is 44.2. The van der Waals surface area contributed by atoms with Crippen LogP contribution in [0.3, 0.4) is 0 Å².